The maximum absolute atomic E-state index is 12.5. The highest BCUT2D eigenvalue weighted by Crippen LogP contribution is 2.36. The van der Waals surface area contributed by atoms with E-state index in [1.54, 1.807) is 7.05 Å². The maximum atomic E-state index is 12.5. The van der Waals surface area contributed by atoms with Crippen LogP contribution in [0.4, 0.5) is 24.5 Å². The number of benzene rings is 1. The molecule has 1 rings (SSSR count). The predicted octanol–water partition coefficient (Wildman–Crippen LogP) is 2.40. The highest BCUT2D eigenvalue weighted by molar-refractivity contribution is 5.64. The number of rotatable bonds is 5. The number of nitro benzene ring substituents is 1. The van der Waals surface area contributed by atoms with Gasteiger partial charge >= 0.3 is 6.18 Å². The predicted molar refractivity (Wildman–Crippen MR) is 65.0 cm³/mol. The first-order valence-corrected chi connectivity index (χ1v) is 5.54. The topological polar surface area (TPSA) is 72.4 Å². The molecule has 0 aliphatic heterocycles. The van der Waals surface area contributed by atoms with Gasteiger partial charge in [-0.2, -0.15) is 13.2 Å². The second-order valence-electron chi connectivity index (χ2n) is 4.02. The van der Waals surface area contributed by atoms with Gasteiger partial charge < -0.3 is 10.6 Å². The molecule has 19 heavy (non-hydrogen) atoms. The molecule has 0 aliphatic rings. The lowest BCUT2D eigenvalue weighted by Crippen LogP contribution is -2.22. The van der Waals surface area contributed by atoms with Crippen molar-refractivity contribution in [3.63, 3.8) is 0 Å². The largest absolute Gasteiger partial charge is 0.416 e. The molecule has 0 fully saturated rings. The lowest BCUT2D eigenvalue weighted by Gasteiger charge is -2.19. The van der Waals surface area contributed by atoms with Gasteiger partial charge in [-0.25, -0.2) is 0 Å². The van der Waals surface area contributed by atoms with E-state index in [-0.39, 0.29) is 5.69 Å². The van der Waals surface area contributed by atoms with Gasteiger partial charge in [-0.15, -0.1) is 0 Å². The van der Waals surface area contributed by atoms with Crippen LogP contribution in [-0.2, 0) is 6.18 Å². The molecule has 0 amide bonds. The Hall–Kier alpha value is -1.83. The van der Waals surface area contributed by atoms with Crippen LogP contribution in [0.3, 0.4) is 0 Å². The van der Waals surface area contributed by atoms with Gasteiger partial charge in [-0.1, -0.05) is 0 Å². The molecule has 0 saturated heterocycles. The summed E-state index contributed by atoms with van der Waals surface area (Å²) in [5.74, 6) is 0. The Morgan fingerprint density at radius 3 is 2.53 bits per heavy atom. The summed E-state index contributed by atoms with van der Waals surface area (Å²) < 4.78 is 37.5. The fourth-order valence-electron chi connectivity index (χ4n) is 1.62. The van der Waals surface area contributed by atoms with E-state index in [2.05, 4.69) is 0 Å². The Kier molecular flexibility index (Phi) is 4.71. The average Bonchev–Trinajstić information content (AvgIpc) is 2.34. The highest BCUT2D eigenvalue weighted by atomic mass is 19.4. The number of halogens is 3. The van der Waals surface area contributed by atoms with E-state index in [9.17, 15) is 23.3 Å². The molecule has 1 aromatic carbocycles. The molecule has 2 N–H and O–H groups in total. The van der Waals surface area contributed by atoms with Crippen LogP contribution in [-0.4, -0.2) is 25.1 Å². The fraction of sp³-hybridized carbons (Fsp3) is 0.455. The summed E-state index contributed by atoms with van der Waals surface area (Å²) in [5, 5.41) is 10.9. The summed E-state index contributed by atoms with van der Waals surface area (Å²) in [5.41, 5.74) is 3.88. The van der Waals surface area contributed by atoms with E-state index >= 15 is 0 Å². The summed E-state index contributed by atoms with van der Waals surface area (Å²) in [7, 11) is 1.57. The molecule has 0 radical (unpaired) electrons. The van der Waals surface area contributed by atoms with Gasteiger partial charge in [0.05, 0.1) is 10.5 Å². The van der Waals surface area contributed by atoms with Crippen LogP contribution in [0.5, 0.6) is 0 Å². The Labute approximate surface area is 108 Å². The first-order valence-electron chi connectivity index (χ1n) is 5.54. The Bertz CT molecular complexity index is 463. The Morgan fingerprint density at radius 2 is 2.05 bits per heavy atom. The molecule has 1 aromatic rings. The molecule has 0 saturated carbocycles. The molecular weight excluding hydrogens is 263 g/mol. The lowest BCUT2D eigenvalue weighted by atomic mass is 10.1. The number of hydrogen-bond donors (Lipinski definition) is 1. The van der Waals surface area contributed by atoms with E-state index in [1.165, 1.54) is 4.90 Å². The third kappa shape index (κ3) is 3.82. The number of nitrogens with zero attached hydrogens (tertiary/aromatic N) is 2. The van der Waals surface area contributed by atoms with Crippen LogP contribution in [0.2, 0.25) is 0 Å². The van der Waals surface area contributed by atoms with Gasteiger partial charge in [-0.3, -0.25) is 10.1 Å². The van der Waals surface area contributed by atoms with Gasteiger partial charge in [-0.05, 0) is 25.1 Å². The molecule has 0 aromatic heterocycles. The summed E-state index contributed by atoms with van der Waals surface area (Å²) in [6.07, 6.45) is -4.01. The van der Waals surface area contributed by atoms with Crippen molar-refractivity contribution in [2.24, 2.45) is 5.73 Å². The van der Waals surface area contributed by atoms with Crippen LogP contribution >= 0.6 is 0 Å². The van der Waals surface area contributed by atoms with Crippen molar-refractivity contribution < 1.29 is 18.1 Å². The van der Waals surface area contributed by atoms with Gasteiger partial charge in [0, 0.05) is 19.7 Å². The lowest BCUT2D eigenvalue weighted by molar-refractivity contribution is -0.384. The number of nitro groups is 1. The van der Waals surface area contributed by atoms with Gasteiger partial charge in [0.2, 0.25) is 0 Å². The summed E-state index contributed by atoms with van der Waals surface area (Å²) in [4.78, 5) is 11.6. The molecule has 8 heteroatoms. The third-order valence-electron chi connectivity index (χ3n) is 2.61. The molecule has 0 atom stereocenters. The molecule has 0 aliphatic carbocycles. The van der Waals surface area contributed by atoms with E-state index in [0.717, 1.165) is 12.1 Å². The number of anilines is 1. The molecule has 0 unspecified atom stereocenters. The van der Waals surface area contributed by atoms with E-state index in [4.69, 9.17) is 5.73 Å². The monoisotopic (exact) mass is 277 g/mol. The smallest absolute Gasteiger partial charge is 0.369 e. The van der Waals surface area contributed by atoms with Crippen molar-refractivity contribution in [3.05, 3.63) is 33.9 Å². The Balaban J connectivity index is 3.15. The van der Waals surface area contributed by atoms with Crippen molar-refractivity contribution >= 4 is 11.4 Å². The van der Waals surface area contributed by atoms with Crippen molar-refractivity contribution in [2.45, 2.75) is 12.6 Å². The third-order valence-corrected chi connectivity index (χ3v) is 2.61. The van der Waals surface area contributed by atoms with Crippen LogP contribution in [0.1, 0.15) is 12.0 Å². The Morgan fingerprint density at radius 1 is 1.42 bits per heavy atom. The first-order chi connectivity index (χ1) is 8.77. The van der Waals surface area contributed by atoms with Crippen LogP contribution in [0.25, 0.3) is 0 Å². The molecule has 0 spiro atoms. The zero-order chi connectivity index (χ0) is 14.6. The number of nitrogens with two attached hydrogens (primary N) is 1. The zero-order valence-corrected chi connectivity index (χ0v) is 10.3. The SMILES string of the molecule is CN(CCCN)c1ccc(C(F)(F)F)cc1[N+](=O)[O-]. The minimum absolute atomic E-state index is 0.145. The minimum atomic E-state index is -4.60. The molecular formula is C11H14F3N3O2. The van der Waals surface area contributed by atoms with E-state index in [1.807, 2.05) is 0 Å². The summed E-state index contributed by atoms with van der Waals surface area (Å²) in [6, 6.07) is 2.49. The molecule has 0 heterocycles. The van der Waals surface area contributed by atoms with Gasteiger partial charge in [0.25, 0.3) is 5.69 Å². The van der Waals surface area contributed by atoms with Gasteiger partial charge in [0.1, 0.15) is 5.69 Å². The fourth-order valence-corrected chi connectivity index (χ4v) is 1.62. The number of alkyl halides is 3. The summed E-state index contributed by atoms with van der Waals surface area (Å²) in [6.45, 7) is 0.835. The quantitative estimate of drug-likeness (QED) is 0.662. The standard InChI is InChI=1S/C11H14F3N3O2/c1-16(6-2-5-15)9-4-3-8(11(12,13)14)7-10(9)17(18)19/h3-4,7H,2,5-6,15H2,1H3. The first kappa shape index (κ1) is 15.2. The van der Waals surface area contributed by atoms with Crippen LogP contribution in [0, 0.1) is 10.1 Å². The number of hydrogen-bond acceptors (Lipinski definition) is 4. The average molecular weight is 277 g/mol. The van der Waals surface area contributed by atoms with Crippen molar-refractivity contribution in [1.82, 2.24) is 0 Å². The van der Waals surface area contributed by atoms with E-state index < -0.39 is 22.4 Å². The van der Waals surface area contributed by atoms with Crippen LogP contribution in [0.15, 0.2) is 18.2 Å². The van der Waals surface area contributed by atoms with Gasteiger partial charge in [0.15, 0.2) is 0 Å². The highest BCUT2D eigenvalue weighted by Gasteiger charge is 2.33. The van der Waals surface area contributed by atoms with Crippen LogP contribution < -0.4 is 10.6 Å². The molecule has 0 bridgehead atoms. The second kappa shape index (κ2) is 5.87. The second-order valence-corrected chi connectivity index (χ2v) is 4.02. The van der Waals surface area contributed by atoms with E-state index in [0.29, 0.717) is 25.6 Å². The van der Waals surface area contributed by atoms with Crippen molar-refractivity contribution in [2.75, 3.05) is 25.0 Å². The molecule has 5 nitrogen and oxygen atoms in total. The summed E-state index contributed by atoms with van der Waals surface area (Å²) >= 11 is 0. The minimum Gasteiger partial charge on any atom is -0.369 e. The molecule has 106 valence electrons. The zero-order valence-electron chi connectivity index (χ0n) is 10.3. The maximum Gasteiger partial charge on any atom is 0.416 e. The normalized spacial score (nSPS) is 11.4. The van der Waals surface area contributed by atoms with Crippen molar-refractivity contribution in [3.8, 4) is 0 Å². The van der Waals surface area contributed by atoms with Crippen molar-refractivity contribution in [1.29, 1.82) is 0 Å².